The van der Waals surface area contributed by atoms with Gasteiger partial charge in [-0.25, -0.2) is 13.8 Å². The van der Waals surface area contributed by atoms with Crippen LogP contribution in [0, 0.1) is 0 Å². The molecule has 0 aliphatic carbocycles. The third-order valence-electron chi connectivity index (χ3n) is 6.95. The number of nitrogen functional groups attached to an aromatic ring is 1. The van der Waals surface area contributed by atoms with E-state index >= 15 is 0 Å². The Kier molecular flexibility index (Phi) is 8.09. The van der Waals surface area contributed by atoms with E-state index in [4.69, 9.17) is 5.73 Å². The molecular weight excluding hydrogens is 575 g/mol. The zero-order valence-corrected chi connectivity index (χ0v) is 22.9. The van der Waals surface area contributed by atoms with Gasteiger partial charge in [-0.05, 0) is 72.0 Å². The molecule has 0 bridgehead atoms. The minimum absolute atomic E-state index is 0.0610. The molecule has 3 aromatic heterocycles. The number of pyridine rings is 2. The Morgan fingerprint density at radius 3 is 2.43 bits per heavy atom. The fraction of sp³-hybridized carbons (Fsp3) is 0.267. The molecule has 0 saturated carbocycles. The van der Waals surface area contributed by atoms with Gasteiger partial charge in [0, 0.05) is 59.9 Å². The third kappa shape index (κ3) is 6.81. The number of piperidine rings is 1. The van der Waals surface area contributed by atoms with Crippen LogP contribution in [0.4, 0.5) is 27.8 Å². The van der Waals surface area contributed by atoms with Crippen molar-refractivity contribution in [1.29, 1.82) is 0 Å². The van der Waals surface area contributed by atoms with Gasteiger partial charge in [0.05, 0.1) is 16.8 Å². The van der Waals surface area contributed by atoms with E-state index in [-0.39, 0.29) is 53.2 Å². The number of nitrogens with zero attached hydrogens (tertiary/aromatic N) is 3. The number of carbonyl (C=O) groups excluding carboxylic acids is 2. The first-order valence-electron chi connectivity index (χ1n) is 13.1. The number of allylic oxidation sites excluding steroid dienone is 1. The predicted molar refractivity (Wildman–Crippen MR) is 151 cm³/mol. The highest BCUT2D eigenvalue weighted by Crippen LogP contribution is 2.41. The average Bonchev–Trinajstić information content (AvgIpc) is 3.37. The summed E-state index contributed by atoms with van der Waals surface area (Å²) in [5, 5.41) is 0.368. The second kappa shape index (κ2) is 11.6. The van der Waals surface area contributed by atoms with Gasteiger partial charge in [0.25, 0.3) is 11.8 Å². The van der Waals surface area contributed by atoms with Gasteiger partial charge in [-0.1, -0.05) is 0 Å². The highest BCUT2D eigenvalue weighted by Gasteiger charge is 2.36. The molecule has 4 heterocycles. The van der Waals surface area contributed by atoms with Crippen LogP contribution in [0.25, 0.3) is 27.4 Å². The summed E-state index contributed by atoms with van der Waals surface area (Å²) in [6, 6.07) is 10.5. The van der Waals surface area contributed by atoms with Crippen LogP contribution in [-0.4, -0.2) is 45.6 Å². The van der Waals surface area contributed by atoms with E-state index in [9.17, 15) is 31.5 Å². The number of nitrogens with two attached hydrogens (primary N) is 1. The quantitative estimate of drug-likeness (QED) is 0.182. The second-order valence-electron chi connectivity index (χ2n) is 10.0. The molecule has 1 fully saturated rings. The number of hydrogen-bond donors (Lipinski definition) is 1. The lowest BCUT2D eigenvalue weighted by molar-refractivity contribution is -0.136. The molecule has 0 spiro atoms. The van der Waals surface area contributed by atoms with Crippen molar-refractivity contribution in [3.05, 3.63) is 82.5 Å². The zero-order chi connectivity index (χ0) is 30.1. The number of aromatic nitrogens is 2. The minimum Gasteiger partial charge on any atom is -0.384 e. The normalized spacial score (nSPS) is 15.4. The van der Waals surface area contributed by atoms with Crippen LogP contribution in [0.3, 0.4) is 0 Å². The van der Waals surface area contributed by atoms with E-state index in [0.29, 0.717) is 21.6 Å². The van der Waals surface area contributed by atoms with E-state index in [1.165, 1.54) is 35.5 Å². The number of likely N-dealkylation sites (tertiary alicyclic amines) is 1. The Morgan fingerprint density at radius 2 is 1.79 bits per heavy atom. The molecule has 0 atom stereocenters. The summed E-state index contributed by atoms with van der Waals surface area (Å²) in [4.78, 5) is 35.2. The minimum atomic E-state index is -4.63. The van der Waals surface area contributed by atoms with Gasteiger partial charge in [-0.3, -0.25) is 14.6 Å². The fourth-order valence-corrected chi connectivity index (χ4v) is 5.81. The van der Waals surface area contributed by atoms with Crippen molar-refractivity contribution in [3.63, 3.8) is 0 Å². The van der Waals surface area contributed by atoms with Crippen molar-refractivity contribution in [2.45, 2.75) is 37.8 Å². The van der Waals surface area contributed by atoms with Crippen LogP contribution in [0.15, 0.2) is 60.9 Å². The second-order valence-corrected chi connectivity index (χ2v) is 11.2. The number of ketones is 1. The maximum absolute atomic E-state index is 14.1. The summed E-state index contributed by atoms with van der Waals surface area (Å²) in [6.45, 7) is -0.163. The summed E-state index contributed by atoms with van der Waals surface area (Å²) in [6.07, 6.45) is 0.705. The molecule has 0 unspecified atom stereocenters. The highest BCUT2D eigenvalue weighted by molar-refractivity contribution is 7.19. The lowest BCUT2D eigenvalue weighted by Gasteiger charge is -2.31. The fourth-order valence-electron chi connectivity index (χ4n) is 4.63. The average molecular weight is 601 g/mol. The van der Waals surface area contributed by atoms with Crippen LogP contribution >= 0.6 is 11.3 Å². The largest absolute Gasteiger partial charge is 0.417 e. The Hall–Kier alpha value is -4.19. The molecule has 218 valence electrons. The van der Waals surface area contributed by atoms with E-state index in [1.807, 2.05) is 0 Å². The number of halogens is 5. The first-order valence-corrected chi connectivity index (χ1v) is 13.9. The van der Waals surface area contributed by atoms with E-state index in [1.54, 1.807) is 30.3 Å². The lowest BCUT2D eigenvalue weighted by atomic mass is 10.0. The zero-order valence-electron chi connectivity index (χ0n) is 22.1. The predicted octanol–water partition coefficient (Wildman–Crippen LogP) is 7.05. The third-order valence-corrected chi connectivity index (χ3v) is 8.19. The standard InChI is InChI=1S/C30H25F5N4O2S/c31-29(32)9-11-39(12-10-29)28(41)19-3-7-25(37-17-19)20-13-21-14-23(42-27(21)24(15-20)30(33,34)35)6-5-22(40)4-1-18-2-8-26(36)38-16-18/h1-4,7-8,13-17H,5-6,9-12H2,(H2,36,38)/b4-1+. The van der Waals surface area contributed by atoms with Crippen molar-refractivity contribution >= 4 is 45.0 Å². The Balaban J connectivity index is 1.33. The molecule has 1 aliphatic heterocycles. The molecule has 1 amide bonds. The van der Waals surface area contributed by atoms with Gasteiger partial charge in [0.2, 0.25) is 0 Å². The molecule has 1 saturated heterocycles. The topological polar surface area (TPSA) is 89.2 Å². The van der Waals surface area contributed by atoms with Gasteiger partial charge in [-0.2, -0.15) is 13.2 Å². The van der Waals surface area contributed by atoms with Gasteiger partial charge >= 0.3 is 6.18 Å². The van der Waals surface area contributed by atoms with Crippen molar-refractivity contribution in [1.82, 2.24) is 14.9 Å². The van der Waals surface area contributed by atoms with Crippen molar-refractivity contribution in [2.75, 3.05) is 18.8 Å². The number of anilines is 1. The number of alkyl halides is 5. The number of rotatable bonds is 7. The van der Waals surface area contributed by atoms with Gasteiger partial charge < -0.3 is 10.6 Å². The van der Waals surface area contributed by atoms with Gasteiger partial charge in [0.1, 0.15) is 5.82 Å². The molecule has 1 aromatic carbocycles. The summed E-state index contributed by atoms with van der Waals surface area (Å²) in [5.74, 6) is -3.07. The number of aryl methyl sites for hydroxylation is 1. The van der Waals surface area contributed by atoms with Crippen LogP contribution in [0.5, 0.6) is 0 Å². The SMILES string of the molecule is Nc1ccc(/C=C/C(=O)CCc2cc3cc(-c4ccc(C(=O)N5CCC(F)(F)CC5)cn4)cc(C(F)(F)F)c3s2)cn1. The van der Waals surface area contributed by atoms with E-state index < -0.39 is 36.4 Å². The molecule has 12 heteroatoms. The Morgan fingerprint density at radius 1 is 1.02 bits per heavy atom. The monoisotopic (exact) mass is 600 g/mol. The smallest absolute Gasteiger partial charge is 0.384 e. The maximum Gasteiger partial charge on any atom is 0.417 e. The first-order chi connectivity index (χ1) is 19.9. The molecule has 4 aromatic rings. The lowest BCUT2D eigenvalue weighted by Crippen LogP contribution is -2.42. The summed E-state index contributed by atoms with van der Waals surface area (Å²) < 4.78 is 69.1. The van der Waals surface area contributed by atoms with Crippen molar-refractivity contribution < 1.29 is 31.5 Å². The summed E-state index contributed by atoms with van der Waals surface area (Å²) >= 11 is 0.991. The highest BCUT2D eigenvalue weighted by atomic mass is 32.1. The number of benzene rings is 1. The molecule has 42 heavy (non-hydrogen) atoms. The van der Waals surface area contributed by atoms with E-state index in [2.05, 4.69) is 9.97 Å². The van der Waals surface area contributed by atoms with Crippen LogP contribution in [0.2, 0.25) is 0 Å². The van der Waals surface area contributed by atoms with Crippen molar-refractivity contribution in [2.24, 2.45) is 0 Å². The summed E-state index contributed by atoms with van der Waals surface area (Å²) in [7, 11) is 0. The van der Waals surface area contributed by atoms with Gasteiger partial charge in [-0.15, -0.1) is 11.3 Å². The molecule has 0 radical (unpaired) electrons. The Labute approximate surface area is 241 Å². The van der Waals surface area contributed by atoms with Crippen LogP contribution in [-0.2, 0) is 17.4 Å². The molecular formula is C30H25F5N4O2S. The maximum atomic E-state index is 14.1. The van der Waals surface area contributed by atoms with Gasteiger partial charge in [0.15, 0.2) is 5.78 Å². The van der Waals surface area contributed by atoms with Crippen LogP contribution < -0.4 is 5.73 Å². The number of hydrogen-bond acceptors (Lipinski definition) is 6. The van der Waals surface area contributed by atoms with E-state index in [0.717, 1.165) is 17.4 Å². The number of fused-ring (bicyclic) bond motifs is 1. The number of carbonyl (C=O) groups is 2. The molecule has 5 rings (SSSR count). The first kappa shape index (κ1) is 29.3. The summed E-state index contributed by atoms with van der Waals surface area (Å²) in [5.41, 5.74) is 6.05. The molecule has 1 aliphatic rings. The molecule has 2 N–H and O–H groups in total. The molecule has 6 nitrogen and oxygen atoms in total. The Bertz CT molecular complexity index is 1640. The number of amides is 1. The number of thiophene rings is 1. The van der Waals surface area contributed by atoms with Crippen LogP contribution in [0.1, 0.15) is 45.6 Å². The van der Waals surface area contributed by atoms with Crippen molar-refractivity contribution in [3.8, 4) is 11.3 Å².